The Hall–Kier alpha value is -0.380. The number of ether oxygens (including phenoxy) is 1. The first-order valence-electron chi connectivity index (χ1n) is 10.1. The summed E-state index contributed by atoms with van der Waals surface area (Å²) in [5.74, 6) is 0.957. The molecule has 7 heteroatoms. The number of guanidine groups is 1. The van der Waals surface area contributed by atoms with Crippen LogP contribution in [0.1, 0.15) is 39.5 Å². The molecule has 0 unspecified atom stereocenters. The number of piperidine rings is 1. The molecule has 2 saturated heterocycles. The Morgan fingerprint density at radius 3 is 2.41 bits per heavy atom. The summed E-state index contributed by atoms with van der Waals surface area (Å²) in [6.07, 6.45) is 4.40. The van der Waals surface area contributed by atoms with Crippen LogP contribution < -0.4 is 10.6 Å². The predicted octanol–water partition coefficient (Wildman–Crippen LogP) is 2.31. The maximum absolute atomic E-state index is 5.57. The summed E-state index contributed by atoms with van der Waals surface area (Å²) in [6, 6.07) is 0.499. The average Bonchev–Trinajstić information content (AvgIpc) is 2.62. The molecule has 0 amide bonds. The summed E-state index contributed by atoms with van der Waals surface area (Å²) in [5.41, 5.74) is 1.36. The smallest absolute Gasteiger partial charge is 0.191 e. The minimum absolute atomic E-state index is 0. The van der Waals surface area contributed by atoms with Crippen molar-refractivity contribution in [1.29, 1.82) is 0 Å². The second kappa shape index (κ2) is 12.2. The zero-order chi connectivity index (χ0) is 19.0. The summed E-state index contributed by atoms with van der Waals surface area (Å²) < 4.78 is 5.57. The maximum atomic E-state index is 5.57. The number of hydrogen-bond acceptors (Lipinski definition) is 4. The van der Waals surface area contributed by atoms with Crippen molar-refractivity contribution in [3.05, 3.63) is 12.2 Å². The summed E-state index contributed by atoms with van der Waals surface area (Å²) >= 11 is 0. The van der Waals surface area contributed by atoms with E-state index in [4.69, 9.17) is 9.73 Å². The van der Waals surface area contributed by atoms with E-state index in [-0.39, 0.29) is 29.5 Å². The third kappa shape index (κ3) is 7.87. The number of nitrogens with one attached hydrogen (secondary N) is 2. The Labute approximate surface area is 183 Å². The van der Waals surface area contributed by atoms with E-state index in [0.717, 1.165) is 77.6 Å². The Morgan fingerprint density at radius 2 is 1.89 bits per heavy atom. The molecule has 0 radical (unpaired) electrons. The topological polar surface area (TPSA) is 52.1 Å². The van der Waals surface area contributed by atoms with E-state index >= 15 is 0 Å². The molecule has 2 aliphatic heterocycles. The van der Waals surface area contributed by atoms with E-state index in [1.165, 1.54) is 5.57 Å². The van der Waals surface area contributed by atoms with Gasteiger partial charge in [-0.1, -0.05) is 12.2 Å². The zero-order valence-corrected chi connectivity index (χ0v) is 20.1. The molecule has 2 aliphatic rings. The molecule has 0 atom stereocenters. The van der Waals surface area contributed by atoms with Gasteiger partial charge in [-0.05, 0) is 53.6 Å². The van der Waals surface area contributed by atoms with Crippen molar-refractivity contribution in [1.82, 2.24) is 20.4 Å². The van der Waals surface area contributed by atoms with Crippen molar-refractivity contribution in [2.75, 3.05) is 60.0 Å². The van der Waals surface area contributed by atoms with Crippen LogP contribution in [0.5, 0.6) is 0 Å². The molecule has 158 valence electrons. The molecule has 0 spiro atoms. The molecule has 2 rings (SSSR count). The number of aliphatic imine (C=N–C) groups is 1. The summed E-state index contributed by atoms with van der Waals surface area (Å²) in [7, 11) is 4.33. The molecular weight excluding hydrogens is 453 g/mol. The van der Waals surface area contributed by atoms with Gasteiger partial charge in [0.1, 0.15) is 0 Å². The molecule has 0 aromatic heterocycles. The molecular formula is C20H40IN5O. The van der Waals surface area contributed by atoms with E-state index in [9.17, 15) is 0 Å². The van der Waals surface area contributed by atoms with E-state index in [0.29, 0.717) is 6.04 Å². The number of halogens is 1. The van der Waals surface area contributed by atoms with Crippen molar-refractivity contribution < 1.29 is 4.74 Å². The van der Waals surface area contributed by atoms with Crippen molar-refractivity contribution in [2.24, 2.45) is 4.99 Å². The molecule has 27 heavy (non-hydrogen) atoms. The van der Waals surface area contributed by atoms with Crippen molar-refractivity contribution in [2.45, 2.75) is 51.1 Å². The lowest BCUT2D eigenvalue weighted by Gasteiger charge is -2.42. The second-order valence-corrected chi connectivity index (χ2v) is 8.08. The third-order valence-corrected chi connectivity index (χ3v) is 5.67. The van der Waals surface area contributed by atoms with Gasteiger partial charge in [-0.2, -0.15) is 0 Å². The van der Waals surface area contributed by atoms with Gasteiger partial charge in [0, 0.05) is 51.0 Å². The van der Waals surface area contributed by atoms with Gasteiger partial charge < -0.3 is 20.3 Å². The van der Waals surface area contributed by atoms with Crippen LogP contribution in [-0.2, 0) is 4.74 Å². The number of likely N-dealkylation sites (N-methyl/N-ethyl adjacent to an activating group) is 1. The minimum Gasteiger partial charge on any atom is -0.381 e. The summed E-state index contributed by atoms with van der Waals surface area (Å²) in [6.45, 7) is 14.9. The van der Waals surface area contributed by atoms with Gasteiger partial charge in [0.15, 0.2) is 5.96 Å². The van der Waals surface area contributed by atoms with Gasteiger partial charge in [-0.25, -0.2) is 0 Å². The standard InChI is InChI=1S/C20H39N5O.HI/c1-6-21-19(22-16-20(24(4)5)9-13-26-14-10-20)23-18-7-11-25(12-8-18)15-17(2)3;/h18H,2,6-16H2,1,3-5H3,(H2,21,22,23);1H. The van der Waals surface area contributed by atoms with Gasteiger partial charge in [0.05, 0.1) is 6.54 Å². The highest BCUT2D eigenvalue weighted by molar-refractivity contribution is 14.0. The largest absolute Gasteiger partial charge is 0.381 e. The van der Waals surface area contributed by atoms with Crippen LogP contribution in [0.4, 0.5) is 0 Å². The highest BCUT2D eigenvalue weighted by Crippen LogP contribution is 2.26. The molecule has 2 fully saturated rings. The van der Waals surface area contributed by atoms with Gasteiger partial charge in [0.2, 0.25) is 0 Å². The van der Waals surface area contributed by atoms with E-state index in [1.807, 2.05) is 0 Å². The Bertz CT molecular complexity index is 469. The zero-order valence-electron chi connectivity index (χ0n) is 17.7. The number of likely N-dealkylation sites (tertiary alicyclic amines) is 1. The van der Waals surface area contributed by atoms with Crippen molar-refractivity contribution in [3.63, 3.8) is 0 Å². The van der Waals surface area contributed by atoms with Crippen LogP contribution in [0.15, 0.2) is 17.1 Å². The lowest BCUT2D eigenvalue weighted by Crippen LogP contribution is -2.53. The predicted molar refractivity (Wildman–Crippen MR) is 125 cm³/mol. The normalized spacial score (nSPS) is 21.6. The molecule has 0 bridgehead atoms. The van der Waals surface area contributed by atoms with Gasteiger partial charge in [0.25, 0.3) is 0 Å². The molecule has 0 aliphatic carbocycles. The molecule has 2 heterocycles. The molecule has 0 saturated carbocycles. The minimum atomic E-state index is 0. The van der Waals surface area contributed by atoms with E-state index < -0.39 is 0 Å². The van der Waals surface area contributed by atoms with Crippen molar-refractivity contribution >= 4 is 29.9 Å². The Balaban J connectivity index is 0.00000364. The fourth-order valence-corrected chi connectivity index (χ4v) is 3.85. The van der Waals surface area contributed by atoms with Gasteiger partial charge >= 0.3 is 0 Å². The van der Waals surface area contributed by atoms with Crippen molar-refractivity contribution in [3.8, 4) is 0 Å². The second-order valence-electron chi connectivity index (χ2n) is 8.08. The average molecular weight is 493 g/mol. The fourth-order valence-electron chi connectivity index (χ4n) is 3.85. The number of hydrogen-bond donors (Lipinski definition) is 2. The molecule has 2 N–H and O–H groups in total. The maximum Gasteiger partial charge on any atom is 0.191 e. The number of nitrogens with zero attached hydrogens (tertiary/aromatic N) is 3. The first kappa shape index (κ1) is 24.7. The van der Waals surface area contributed by atoms with Gasteiger partial charge in [-0.15, -0.1) is 24.0 Å². The summed E-state index contributed by atoms with van der Waals surface area (Å²) in [4.78, 5) is 9.79. The van der Waals surface area contributed by atoms with Gasteiger partial charge in [-0.3, -0.25) is 9.89 Å². The van der Waals surface area contributed by atoms with Crippen LogP contribution in [0.3, 0.4) is 0 Å². The highest BCUT2D eigenvalue weighted by Gasteiger charge is 2.34. The Kier molecular flexibility index (Phi) is 11.2. The molecule has 6 nitrogen and oxygen atoms in total. The highest BCUT2D eigenvalue weighted by atomic mass is 127. The quantitative estimate of drug-likeness (QED) is 0.247. The number of rotatable bonds is 7. The fraction of sp³-hybridized carbons (Fsp3) is 0.850. The van der Waals surface area contributed by atoms with Crippen LogP contribution >= 0.6 is 24.0 Å². The lowest BCUT2D eigenvalue weighted by molar-refractivity contribution is -0.00256. The first-order valence-corrected chi connectivity index (χ1v) is 10.1. The molecule has 0 aromatic carbocycles. The van der Waals surface area contributed by atoms with Crippen LogP contribution in [-0.4, -0.2) is 87.4 Å². The lowest BCUT2D eigenvalue weighted by atomic mass is 9.89. The monoisotopic (exact) mass is 493 g/mol. The third-order valence-electron chi connectivity index (χ3n) is 5.67. The molecule has 0 aromatic rings. The summed E-state index contributed by atoms with van der Waals surface area (Å²) in [5, 5.41) is 7.10. The SMILES string of the molecule is C=C(C)CN1CCC(NC(=NCC2(N(C)C)CCOCC2)NCC)CC1.I. The van der Waals surface area contributed by atoms with E-state index in [2.05, 4.69) is 55.0 Å². The van der Waals surface area contributed by atoms with E-state index in [1.54, 1.807) is 0 Å². The van der Waals surface area contributed by atoms with Crippen LogP contribution in [0, 0.1) is 0 Å². The van der Waals surface area contributed by atoms with Crippen LogP contribution in [0.2, 0.25) is 0 Å². The van der Waals surface area contributed by atoms with Crippen LogP contribution in [0.25, 0.3) is 0 Å². The first-order chi connectivity index (χ1) is 12.4. The Morgan fingerprint density at radius 1 is 1.26 bits per heavy atom.